The van der Waals surface area contributed by atoms with Crippen LogP contribution in [0.5, 0.6) is 0 Å². The first-order valence-electron chi connectivity index (χ1n) is 5.70. The number of aromatic nitrogens is 2. The maximum absolute atomic E-state index is 12.0. The van der Waals surface area contributed by atoms with Crippen LogP contribution in [0.4, 0.5) is 5.69 Å². The van der Waals surface area contributed by atoms with Crippen molar-refractivity contribution in [3.63, 3.8) is 0 Å². The molecule has 1 aromatic heterocycles. The lowest BCUT2D eigenvalue weighted by Crippen LogP contribution is -2.16. The van der Waals surface area contributed by atoms with Crippen LogP contribution in [-0.2, 0) is 7.05 Å². The summed E-state index contributed by atoms with van der Waals surface area (Å²) in [5.74, 6) is 5.12. The highest BCUT2D eigenvalue weighted by atomic mass is 16.2. The predicted molar refractivity (Wildman–Crippen MR) is 71.6 cm³/mol. The Morgan fingerprint density at radius 2 is 2.32 bits per heavy atom. The highest BCUT2D eigenvalue weighted by molar-refractivity contribution is 6.03. The zero-order chi connectivity index (χ0) is 13.7. The Bertz CT molecular complexity index is 650. The van der Waals surface area contributed by atoms with E-state index in [0.29, 0.717) is 11.4 Å². The first-order valence-corrected chi connectivity index (χ1v) is 5.70. The lowest BCUT2D eigenvalue weighted by Gasteiger charge is -2.05. The third-order valence-electron chi connectivity index (χ3n) is 2.49. The quantitative estimate of drug-likeness (QED) is 0.787. The van der Waals surface area contributed by atoms with Crippen molar-refractivity contribution in [1.82, 2.24) is 9.78 Å². The molecule has 0 bridgehead atoms. The van der Waals surface area contributed by atoms with E-state index in [1.165, 1.54) is 4.68 Å². The Morgan fingerprint density at radius 3 is 3.00 bits per heavy atom. The van der Waals surface area contributed by atoms with Gasteiger partial charge >= 0.3 is 0 Å². The van der Waals surface area contributed by atoms with Gasteiger partial charge in [0.25, 0.3) is 5.91 Å². The molecule has 0 aliphatic carbocycles. The molecule has 2 N–H and O–H groups in total. The SMILES string of the molecule is Cn1nccc1C(=O)Nc1cccc(C#CCO)c1. The summed E-state index contributed by atoms with van der Waals surface area (Å²) in [5, 5.41) is 15.4. The van der Waals surface area contributed by atoms with Crippen molar-refractivity contribution in [2.45, 2.75) is 0 Å². The van der Waals surface area contributed by atoms with E-state index in [2.05, 4.69) is 22.3 Å². The molecule has 2 rings (SSSR count). The minimum Gasteiger partial charge on any atom is -0.384 e. The molecule has 0 radical (unpaired) electrons. The summed E-state index contributed by atoms with van der Waals surface area (Å²) in [5.41, 5.74) is 1.86. The second-order valence-corrected chi connectivity index (χ2v) is 3.83. The summed E-state index contributed by atoms with van der Waals surface area (Å²) in [4.78, 5) is 12.0. The summed E-state index contributed by atoms with van der Waals surface area (Å²) < 4.78 is 1.50. The maximum Gasteiger partial charge on any atom is 0.273 e. The zero-order valence-electron chi connectivity index (χ0n) is 10.4. The minimum atomic E-state index is -0.229. The van der Waals surface area contributed by atoms with Crippen LogP contribution in [0.25, 0.3) is 0 Å². The van der Waals surface area contributed by atoms with Crippen LogP contribution >= 0.6 is 0 Å². The molecule has 19 heavy (non-hydrogen) atoms. The van der Waals surface area contributed by atoms with Gasteiger partial charge in [0, 0.05) is 24.5 Å². The van der Waals surface area contributed by atoms with Crippen molar-refractivity contribution >= 4 is 11.6 Å². The molecule has 0 saturated heterocycles. The Labute approximate surface area is 110 Å². The summed E-state index contributed by atoms with van der Waals surface area (Å²) in [7, 11) is 1.71. The lowest BCUT2D eigenvalue weighted by molar-refractivity contribution is 0.101. The molecule has 0 aliphatic rings. The standard InChI is InChI=1S/C14H13N3O2/c1-17-13(7-8-15-17)14(19)16-12-6-2-4-11(10-12)5-3-9-18/h2,4,6-8,10,18H,9H2,1H3,(H,16,19). The van der Waals surface area contributed by atoms with Gasteiger partial charge in [0.05, 0.1) is 0 Å². The Morgan fingerprint density at radius 1 is 1.47 bits per heavy atom. The molecule has 1 heterocycles. The van der Waals surface area contributed by atoms with Crippen molar-refractivity contribution in [1.29, 1.82) is 0 Å². The molecule has 0 unspecified atom stereocenters. The van der Waals surface area contributed by atoms with Crippen LogP contribution in [-0.4, -0.2) is 27.4 Å². The van der Waals surface area contributed by atoms with E-state index in [4.69, 9.17) is 5.11 Å². The highest BCUT2D eigenvalue weighted by Gasteiger charge is 2.09. The molecular weight excluding hydrogens is 242 g/mol. The summed E-state index contributed by atoms with van der Waals surface area (Å²) >= 11 is 0. The summed E-state index contributed by atoms with van der Waals surface area (Å²) in [6.45, 7) is -0.189. The number of benzene rings is 1. The van der Waals surface area contributed by atoms with Gasteiger partial charge < -0.3 is 10.4 Å². The second-order valence-electron chi connectivity index (χ2n) is 3.83. The third kappa shape index (κ3) is 3.21. The molecule has 2 aromatic rings. The topological polar surface area (TPSA) is 67.2 Å². The van der Waals surface area contributed by atoms with Crippen molar-refractivity contribution in [2.24, 2.45) is 7.05 Å². The molecule has 0 saturated carbocycles. The van der Waals surface area contributed by atoms with Gasteiger partial charge in [-0.05, 0) is 24.3 Å². The summed E-state index contributed by atoms with van der Waals surface area (Å²) in [6.07, 6.45) is 1.57. The van der Waals surface area contributed by atoms with E-state index in [0.717, 1.165) is 5.56 Å². The zero-order valence-corrected chi connectivity index (χ0v) is 10.4. The largest absolute Gasteiger partial charge is 0.384 e. The number of aliphatic hydroxyl groups excluding tert-OH is 1. The van der Waals surface area contributed by atoms with Crippen LogP contribution in [0.1, 0.15) is 16.1 Å². The van der Waals surface area contributed by atoms with Crippen LogP contribution in [0.3, 0.4) is 0 Å². The van der Waals surface area contributed by atoms with E-state index in [-0.39, 0.29) is 12.5 Å². The average molecular weight is 255 g/mol. The van der Waals surface area contributed by atoms with E-state index < -0.39 is 0 Å². The molecule has 0 spiro atoms. The Balaban J connectivity index is 2.15. The van der Waals surface area contributed by atoms with Gasteiger partial charge in [0.2, 0.25) is 0 Å². The first-order chi connectivity index (χ1) is 9.20. The second kappa shape index (κ2) is 5.85. The number of hydrogen-bond donors (Lipinski definition) is 2. The molecule has 5 heteroatoms. The number of carbonyl (C=O) groups is 1. The van der Waals surface area contributed by atoms with Gasteiger partial charge in [-0.1, -0.05) is 17.9 Å². The number of aliphatic hydroxyl groups is 1. The lowest BCUT2D eigenvalue weighted by atomic mass is 10.2. The smallest absolute Gasteiger partial charge is 0.273 e. The molecule has 0 fully saturated rings. The van der Waals surface area contributed by atoms with Crippen molar-refractivity contribution in [2.75, 3.05) is 11.9 Å². The fourth-order valence-corrected chi connectivity index (χ4v) is 1.61. The fraction of sp³-hybridized carbons (Fsp3) is 0.143. The van der Waals surface area contributed by atoms with Crippen LogP contribution < -0.4 is 5.32 Å². The third-order valence-corrected chi connectivity index (χ3v) is 2.49. The molecule has 5 nitrogen and oxygen atoms in total. The Hall–Kier alpha value is -2.58. The van der Waals surface area contributed by atoms with E-state index in [1.54, 1.807) is 37.5 Å². The maximum atomic E-state index is 12.0. The van der Waals surface area contributed by atoms with Crippen molar-refractivity contribution < 1.29 is 9.90 Å². The number of carbonyl (C=O) groups excluding carboxylic acids is 1. The predicted octanol–water partition coefficient (Wildman–Crippen LogP) is 1.02. The molecule has 0 aliphatic heterocycles. The van der Waals surface area contributed by atoms with E-state index in [9.17, 15) is 4.79 Å². The van der Waals surface area contributed by atoms with Gasteiger partial charge in [-0.15, -0.1) is 0 Å². The molecule has 96 valence electrons. The fourth-order valence-electron chi connectivity index (χ4n) is 1.61. The minimum absolute atomic E-state index is 0.189. The number of nitrogens with one attached hydrogen (secondary N) is 1. The van der Waals surface area contributed by atoms with Gasteiger partial charge in [0.1, 0.15) is 12.3 Å². The van der Waals surface area contributed by atoms with Crippen LogP contribution in [0.15, 0.2) is 36.5 Å². The average Bonchev–Trinajstić information content (AvgIpc) is 2.83. The monoisotopic (exact) mass is 255 g/mol. The number of rotatable bonds is 2. The number of amides is 1. The molecular formula is C14H13N3O2. The van der Waals surface area contributed by atoms with Gasteiger partial charge in [-0.2, -0.15) is 5.10 Å². The van der Waals surface area contributed by atoms with E-state index in [1.807, 2.05) is 6.07 Å². The number of hydrogen-bond acceptors (Lipinski definition) is 3. The van der Waals surface area contributed by atoms with Gasteiger partial charge in [-0.25, -0.2) is 0 Å². The van der Waals surface area contributed by atoms with Crippen LogP contribution in [0.2, 0.25) is 0 Å². The highest BCUT2D eigenvalue weighted by Crippen LogP contribution is 2.11. The van der Waals surface area contributed by atoms with Gasteiger partial charge in [0.15, 0.2) is 0 Å². The molecule has 1 amide bonds. The van der Waals surface area contributed by atoms with Crippen molar-refractivity contribution in [3.05, 3.63) is 47.8 Å². The normalized spacial score (nSPS) is 9.58. The Kier molecular flexibility index (Phi) is 3.96. The van der Waals surface area contributed by atoms with Crippen LogP contribution in [0, 0.1) is 11.8 Å². The molecule has 1 aromatic carbocycles. The van der Waals surface area contributed by atoms with Crippen molar-refractivity contribution in [3.8, 4) is 11.8 Å². The first kappa shape index (κ1) is 12.9. The van der Waals surface area contributed by atoms with E-state index >= 15 is 0 Å². The summed E-state index contributed by atoms with van der Waals surface area (Å²) in [6, 6.07) is 8.77. The molecule has 0 atom stereocenters. The number of anilines is 1. The number of aryl methyl sites for hydroxylation is 1. The number of nitrogens with zero attached hydrogens (tertiary/aromatic N) is 2. The van der Waals surface area contributed by atoms with Gasteiger partial charge in [-0.3, -0.25) is 9.48 Å².